The van der Waals surface area contributed by atoms with Crippen molar-refractivity contribution in [3.63, 3.8) is 0 Å². The van der Waals surface area contributed by atoms with E-state index in [-0.39, 0.29) is 0 Å². The van der Waals surface area contributed by atoms with Gasteiger partial charge in [-0.15, -0.1) is 25.3 Å². The molecule has 0 aromatic carbocycles. The van der Waals surface area contributed by atoms with Crippen LogP contribution in [0, 0.1) is 5.92 Å². The average Bonchev–Trinajstić information content (AvgIpc) is 1.21. The summed E-state index contributed by atoms with van der Waals surface area (Å²) in [5, 5.41) is 8.92. The molecular formula is C5H12OS2. The Hall–Kier alpha value is 0.660. The molecule has 1 N–H and O–H groups in total. The Morgan fingerprint density at radius 1 is 1.50 bits per heavy atom. The molecule has 0 aromatic rings. The maximum absolute atomic E-state index is 8.92. The molecule has 0 aromatic heterocycles. The molecule has 0 fully saturated rings. The van der Waals surface area contributed by atoms with Crippen LogP contribution in [-0.2, 0) is 0 Å². The topological polar surface area (TPSA) is 20.2 Å². The lowest BCUT2D eigenvalue weighted by atomic mass is 10.1. The first-order valence-electron chi connectivity index (χ1n) is 2.59. The van der Waals surface area contributed by atoms with Crippen LogP contribution in [-0.4, -0.2) is 9.37 Å². The first kappa shape index (κ1) is 8.66. The van der Waals surface area contributed by atoms with Crippen LogP contribution in [0.5, 0.6) is 0 Å². The highest BCUT2D eigenvalue weighted by atomic mass is 32.2. The number of hydrogen-bond donors (Lipinski definition) is 3. The Morgan fingerprint density at radius 3 is 1.88 bits per heavy atom. The van der Waals surface area contributed by atoms with Gasteiger partial charge in [-0.05, 0) is 12.3 Å². The number of rotatable bonds is 2. The third kappa shape index (κ3) is 6.66. The van der Waals surface area contributed by atoms with Crippen molar-refractivity contribution in [1.29, 1.82) is 0 Å². The first-order valence-corrected chi connectivity index (χ1v) is 3.48. The second-order valence-corrected chi connectivity index (χ2v) is 4.20. The van der Waals surface area contributed by atoms with Crippen LogP contribution in [0.4, 0.5) is 0 Å². The predicted molar refractivity (Wildman–Crippen MR) is 42.4 cm³/mol. The molecule has 3 heteroatoms. The van der Waals surface area contributed by atoms with Gasteiger partial charge < -0.3 is 5.11 Å². The Morgan fingerprint density at radius 2 is 1.88 bits per heavy atom. The molecule has 0 aliphatic carbocycles. The average molecular weight is 152 g/mol. The van der Waals surface area contributed by atoms with E-state index in [1.54, 1.807) is 0 Å². The number of aliphatic hydroxyl groups is 1. The smallest absolute Gasteiger partial charge is 0.152 e. The van der Waals surface area contributed by atoms with Gasteiger partial charge in [0.1, 0.15) is 0 Å². The van der Waals surface area contributed by atoms with Crippen molar-refractivity contribution in [2.45, 2.75) is 24.5 Å². The number of hydrogen-bond acceptors (Lipinski definition) is 3. The van der Waals surface area contributed by atoms with Crippen molar-refractivity contribution in [3.8, 4) is 0 Å². The molecule has 1 nitrogen and oxygen atoms in total. The van der Waals surface area contributed by atoms with Crippen LogP contribution in [0.25, 0.3) is 0 Å². The second-order valence-electron chi connectivity index (χ2n) is 2.37. The molecule has 0 unspecified atom stereocenters. The largest absolute Gasteiger partial charge is 0.371 e. The van der Waals surface area contributed by atoms with Gasteiger partial charge in [-0.3, -0.25) is 0 Å². The highest BCUT2D eigenvalue weighted by Crippen LogP contribution is 2.23. The fourth-order valence-corrected chi connectivity index (χ4v) is 1.28. The molecule has 8 heavy (non-hydrogen) atoms. The van der Waals surface area contributed by atoms with Gasteiger partial charge in [0.05, 0.1) is 0 Å². The molecule has 0 aliphatic rings. The maximum atomic E-state index is 8.92. The SMILES string of the molecule is CC(C)CC(O)(S)S. The van der Waals surface area contributed by atoms with Crippen molar-refractivity contribution < 1.29 is 5.11 Å². The minimum Gasteiger partial charge on any atom is -0.371 e. The maximum Gasteiger partial charge on any atom is 0.152 e. The molecule has 0 atom stereocenters. The predicted octanol–water partition coefficient (Wildman–Crippen LogP) is 1.54. The summed E-state index contributed by atoms with van der Waals surface area (Å²) in [6.07, 6.45) is 0.610. The second kappa shape index (κ2) is 2.99. The summed E-state index contributed by atoms with van der Waals surface area (Å²) >= 11 is 7.63. The van der Waals surface area contributed by atoms with E-state index >= 15 is 0 Å². The van der Waals surface area contributed by atoms with Gasteiger partial charge in [0.2, 0.25) is 0 Å². The van der Waals surface area contributed by atoms with Crippen LogP contribution < -0.4 is 0 Å². The van der Waals surface area contributed by atoms with Crippen LogP contribution in [0.3, 0.4) is 0 Å². The summed E-state index contributed by atoms with van der Waals surface area (Å²) in [4.78, 5) is 0. The summed E-state index contributed by atoms with van der Waals surface area (Å²) in [5.41, 5.74) is 0. The first-order chi connectivity index (χ1) is 3.42. The monoisotopic (exact) mass is 152 g/mol. The van der Waals surface area contributed by atoms with E-state index in [0.29, 0.717) is 12.3 Å². The lowest BCUT2D eigenvalue weighted by Crippen LogP contribution is -2.14. The molecule has 0 amide bonds. The van der Waals surface area contributed by atoms with Gasteiger partial charge in [-0.25, -0.2) is 0 Å². The van der Waals surface area contributed by atoms with E-state index in [4.69, 9.17) is 5.11 Å². The summed E-state index contributed by atoms with van der Waals surface area (Å²) in [6, 6.07) is 0. The highest BCUT2D eigenvalue weighted by Gasteiger charge is 2.15. The van der Waals surface area contributed by atoms with Crippen molar-refractivity contribution >= 4 is 25.3 Å². The van der Waals surface area contributed by atoms with Crippen molar-refractivity contribution in [2.75, 3.05) is 0 Å². The summed E-state index contributed by atoms with van der Waals surface area (Å²) < 4.78 is -1.09. The number of thiol groups is 2. The fraction of sp³-hybridized carbons (Fsp3) is 1.00. The van der Waals surface area contributed by atoms with Gasteiger partial charge in [0, 0.05) is 0 Å². The van der Waals surface area contributed by atoms with E-state index in [2.05, 4.69) is 25.3 Å². The molecule has 0 heterocycles. The molecule has 0 spiro atoms. The molecule has 0 bridgehead atoms. The zero-order chi connectivity index (χ0) is 6.78. The standard InChI is InChI=1S/C5H12OS2/c1-4(2)3-5(6,7)8/h4,6-8H,3H2,1-2H3. The molecular weight excluding hydrogens is 140 g/mol. The lowest BCUT2D eigenvalue weighted by molar-refractivity contribution is 0.206. The Labute approximate surface area is 61.3 Å². The zero-order valence-corrected chi connectivity index (χ0v) is 6.91. The highest BCUT2D eigenvalue weighted by molar-refractivity contribution is 8.00. The fourth-order valence-electron chi connectivity index (χ4n) is 0.548. The molecule has 0 aliphatic heterocycles. The third-order valence-corrected chi connectivity index (χ3v) is 1.05. The third-order valence-electron chi connectivity index (χ3n) is 0.682. The van der Waals surface area contributed by atoms with Crippen LogP contribution in [0.15, 0.2) is 0 Å². The van der Waals surface area contributed by atoms with E-state index < -0.39 is 4.27 Å². The minimum atomic E-state index is -1.09. The summed E-state index contributed by atoms with van der Waals surface area (Å²) in [6.45, 7) is 4.02. The van der Waals surface area contributed by atoms with Gasteiger partial charge >= 0.3 is 0 Å². The van der Waals surface area contributed by atoms with Crippen LogP contribution >= 0.6 is 25.3 Å². The van der Waals surface area contributed by atoms with E-state index in [0.717, 1.165) is 0 Å². The Balaban J connectivity index is 3.39. The van der Waals surface area contributed by atoms with Gasteiger partial charge in [-0.1, -0.05) is 13.8 Å². The van der Waals surface area contributed by atoms with Crippen molar-refractivity contribution in [1.82, 2.24) is 0 Å². The van der Waals surface area contributed by atoms with Gasteiger partial charge in [0.25, 0.3) is 0 Å². The Kier molecular flexibility index (Phi) is 3.24. The van der Waals surface area contributed by atoms with Crippen molar-refractivity contribution in [3.05, 3.63) is 0 Å². The molecule has 0 rings (SSSR count). The molecule has 50 valence electrons. The zero-order valence-electron chi connectivity index (χ0n) is 5.13. The summed E-state index contributed by atoms with van der Waals surface area (Å²) in [5.74, 6) is 0.440. The van der Waals surface area contributed by atoms with Crippen molar-refractivity contribution in [2.24, 2.45) is 5.92 Å². The van der Waals surface area contributed by atoms with Gasteiger partial charge in [-0.2, -0.15) is 0 Å². The van der Waals surface area contributed by atoms with Crippen LogP contribution in [0.2, 0.25) is 0 Å². The summed E-state index contributed by atoms with van der Waals surface area (Å²) in [7, 11) is 0. The van der Waals surface area contributed by atoms with E-state index in [1.165, 1.54) is 0 Å². The lowest BCUT2D eigenvalue weighted by Gasteiger charge is -2.16. The molecule has 0 saturated carbocycles. The minimum absolute atomic E-state index is 0.440. The van der Waals surface area contributed by atoms with Gasteiger partial charge in [0.15, 0.2) is 4.27 Å². The molecule has 0 saturated heterocycles. The van der Waals surface area contributed by atoms with E-state index in [9.17, 15) is 0 Å². The van der Waals surface area contributed by atoms with E-state index in [1.807, 2.05) is 13.8 Å². The quantitative estimate of drug-likeness (QED) is 0.405. The normalized spacial score (nSPS) is 12.8. The Bertz CT molecular complexity index is 65.3. The van der Waals surface area contributed by atoms with Crippen LogP contribution in [0.1, 0.15) is 20.3 Å². The molecule has 0 radical (unpaired) electrons.